The maximum atomic E-state index is 14.0. The van der Waals surface area contributed by atoms with Crippen molar-refractivity contribution in [1.29, 1.82) is 0 Å². The summed E-state index contributed by atoms with van der Waals surface area (Å²) in [6, 6.07) is 6.44. The lowest BCUT2D eigenvalue weighted by Gasteiger charge is -2.25. The van der Waals surface area contributed by atoms with Crippen LogP contribution in [0.3, 0.4) is 0 Å². The molecule has 1 atom stereocenters. The highest BCUT2D eigenvalue weighted by Crippen LogP contribution is 2.25. The van der Waals surface area contributed by atoms with E-state index in [-0.39, 0.29) is 24.4 Å². The first-order chi connectivity index (χ1) is 13.2. The van der Waals surface area contributed by atoms with Gasteiger partial charge in [0.2, 0.25) is 0 Å². The summed E-state index contributed by atoms with van der Waals surface area (Å²) in [5.41, 5.74) is 1.24. The van der Waals surface area contributed by atoms with Crippen molar-refractivity contribution in [2.24, 2.45) is 7.05 Å². The van der Waals surface area contributed by atoms with Gasteiger partial charge in [0.15, 0.2) is 0 Å². The molecule has 8 heteroatoms. The second kappa shape index (κ2) is 8.34. The summed E-state index contributed by atoms with van der Waals surface area (Å²) in [6.45, 7) is 0.434. The number of likely N-dealkylation sites (tertiary alicyclic amines) is 1. The third-order valence-corrected chi connectivity index (χ3v) is 4.78. The highest BCUT2D eigenvalue weighted by Gasteiger charge is 2.32. The van der Waals surface area contributed by atoms with Gasteiger partial charge in [0.1, 0.15) is 18.1 Å². The molecule has 1 amide bonds. The minimum Gasteiger partial charge on any atom is -0.369 e. The van der Waals surface area contributed by atoms with Crippen LogP contribution >= 0.6 is 0 Å². The molecule has 0 N–H and O–H groups in total. The Bertz CT molecular complexity index is 832. The molecule has 0 bridgehead atoms. The van der Waals surface area contributed by atoms with E-state index < -0.39 is 12.5 Å². The van der Waals surface area contributed by atoms with Gasteiger partial charge in [-0.15, -0.1) is 0 Å². The lowest BCUT2D eigenvalue weighted by molar-refractivity contribution is -0.0680. The summed E-state index contributed by atoms with van der Waals surface area (Å²) >= 11 is 0. The summed E-state index contributed by atoms with van der Waals surface area (Å²) in [6.07, 6.45) is 3.63. The molecular weight excluding hydrogens is 371 g/mol. The molecule has 3 rings (SSSR count). The fourth-order valence-electron chi connectivity index (χ4n) is 3.53. The van der Waals surface area contributed by atoms with Crippen LogP contribution in [0.25, 0.3) is 0 Å². The Labute approximate surface area is 162 Å². The third kappa shape index (κ3) is 4.92. The highest BCUT2D eigenvalue weighted by atomic mass is 19.3. The molecule has 1 aromatic carbocycles. The SMILES string of the molecule is Cn1cc(C(=O)N2CCCC2Cc2ccccc2F)c(COCC(C)(F)F)n1. The largest absolute Gasteiger partial charge is 0.369 e. The fourth-order valence-corrected chi connectivity index (χ4v) is 3.53. The van der Waals surface area contributed by atoms with Crippen LogP contribution < -0.4 is 0 Å². The number of aryl methyl sites for hydroxylation is 1. The number of amides is 1. The Balaban J connectivity index is 1.73. The second-order valence-electron chi connectivity index (χ2n) is 7.32. The van der Waals surface area contributed by atoms with E-state index in [1.807, 2.05) is 0 Å². The normalized spacial score (nSPS) is 17.3. The first-order valence-corrected chi connectivity index (χ1v) is 9.27. The number of rotatable bonds is 7. The molecule has 28 heavy (non-hydrogen) atoms. The van der Waals surface area contributed by atoms with E-state index >= 15 is 0 Å². The first-order valence-electron chi connectivity index (χ1n) is 9.27. The number of carbonyl (C=O) groups excluding carboxylic acids is 1. The van der Waals surface area contributed by atoms with Crippen molar-refractivity contribution in [3.8, 4) is 0 Å². The van der Waals surface area contributed by atoms with Crippen LogP contribution in [0.5, 0.6) is 0 Å². The van der Waals surface area contributed by atoms with Gasteiger partial charge in [-0.3, -0.25) is 9.48 Å². The minimum atomic E-state index is -2.95. The number of hydrogen-bond donors (Lipinski definition) is 0. The number of nitrogens with zero attached hydrogens (tertiary/aromatic N) is 3. The molecule has 1 fully saturated rings. The molecule has 2 aromatic rings. The lowest BCUT2D eigenvalue weighted by Crippen LogP contribution is -2.37. The third-order valence-electron chi connectivity index (χ3n) is 4.78. The summed E-state index contributed by atoms with van der Waals surface area (Å²) in [5, 5.41) is 4.19. The summed E-state index contributed by atoms with van der Waals surface area (Å²) in [7, 11) is 1.66. The maximum absolute atomic E-state index is 14.0. The Morgan fingerprint density at radius 1 is 1.36 bits per heavy atom. The average molecular weight is 395 g/mol. The van der Waals surface area contributed by atoms with Crippen molar-refractivity contribution < 1.29 is 22.7 Å². The predicted molar refractivity (Wildman–Crippen MR) is 97.6 cm³/mol. The van der Waals surface area contributed by atoms with Gasteiger partial charge in [0, 0.05) is 32.8 Å². The van der Waals surface area contributed by atoms with Crippen LogP contribution in [0.4, 0.5) is 13.2 Å². The smallest absolute Gasteiger partial charge is 0.268 e. The average Bonchev–Trinajstić information content (AvgIpc) is 3.22. The van der Waals surface area contributed by atoms with Crippen LogP contribution in [-0.4, -0.2) is 45.7 Å². The summed E-state index contributed by atoms with van der Waals surface area (Å²) < 4.78 is 46.5. The van der Waals surface area contributed by atoms with Crippen LogP contribution in [0.15, 0.2) is 30.5 Å². The first kappa shape index (κ1) is 20.4. The Kier molecular flexibility index (Phi) is 6.07. The molecule has 1 unspecified atom stereocenters. The number of carbonyl (C=O) groups is 1. The van der Waals surface area contributed by atoms with Crippen LogP contribution in [-0.2, 0) is 24.8 Å². The van der Waals surface area contributed by atoms with Gasteiger partial charge in [-0.25, -0.2) is 13.2 Å². The number of aromatic nitrogens is 2. The standard InChI is InChI=1S/C20H24F3N3O2/c1-20(22,23)13-28-12-18-16(11-25(2)24-18)19(27)26-9-5-7-15(26)10-14-6-3-4-8-17(14)21/h3-4,6,8,11,15H,5,7,9-10,12-13H2,1-2H3. The fraction of sp³-hybridized carbons (Fsp3) is 0.500. The predicted octanol–water partition coefficient (Wildman–Crippen LogP) is 3.58. The zero-order valence-corrected chi connectivity index (χ0v) is 16.0. The second-order valence-corrected chi connectivity index (χ2v) is 7.32. The van der Waals surface area contributed by atoms with Crippen LogP contribution in [0, 0.1) is 5.82 Å². The summed E-state index contributed by atoms with van der Waals surface area (Å²) in [4.78, 5) is 14.8. The highest BCUT2D eigenvalue weighted by molar-refractivity contribution is 5.95. The van der Waals surface area contributed by atoms with Gasteiger partial charge < -0.3 is 9.64 Å². The molecule has 1 aromatic heterocycles. The molecule has 0 spiro atoms. The maximum Gasteiger partial charge on any atom is 0.268 e. The lowest BCUT2D eigenvalue weighted by atomic mass is 10.0. The van der Waals surface area contributed by atoms with E-state index in [0.717, 1.165) is 19.8 Å². The van der Waals surface area contributed by atoms with Crippen molar-refractivity contribution in [1.82, 2.24) is 14.7 Å². The topological polar surface area (TPSA) is 47.4 Å². The monoisotopic (exact) mass is 395 g/mol. The van der Waals surface area contributed by atoms with Gasteiger partial charge in [0.05, 0.1) is 12.2 Å². The number of benzene rings is 1. The Morgan fingerprint density at radius 2 is 2.11 bits per heavy atom. The van der Waals surface area contributed by atoms with E-state index in [9.17, 15) is 18.0 Å². The van der Waals surface area contributed by atoms with Crippen molar-refractivity contribution in [3.63, 3.8) is 0 Å². The summed E-state index contributed by atoms with van der Waals surface area (Å²) in [5.74, 6) is -3.45. The molecule has 152 valence electrons. The zero-order valence-electron chi connectivity index (χ0n) is 16.0. The number of alkyl halides is 2. The van der Waals surface area contributed by atoms with Gasteiger partial charge in [-0.05, 0) is 30.9 Å². The molecule has 5 nitrogen and oxygen atoms in total. The molecule has 1 saturated heterocycles. The van der Waals surface area contributed by atoms with Crippen molar-refractivity contribution in [3.05, 3.63) is 53.1 Å². The Morgan fingerprint density at radius 3 is 2.82 bits per heavy atom. The van der Waals surface area contributed by atoms with Gasteiger partial charge in [-0.1, -0.05) is 18.2 Å². The molecule has 1 aliphatic heterocycles. The van der Waals surface area contributed by atoms with Crippen LogP contribution in [0.1, 0.15) is 41.4 Å². The quantitative estimate of drug-likeness (QED) is 0.720. The number of hydrogen-bond acceptors (Lipinski definition) is 3. The van der Waals surface area contributed by atoms with Crippen molar-refractivity contribution >= 4 is 5.91 Å². The van der Waals surface area contributed by atoms with Crippen LogP contribution in [0.2, 0.25) is 0 Å². The molecule has 2 heterocycles. The Hall–Kier alpha value is -2.35. The van der Waals surface area contributed by atoms with Crippen molar-refractivity contribution in [2.45, 2.75) is 44.8 Å². The van der Waals surface area contributed by atoms with Gasteiger partial charge in [-0.2, -0.15) is 5.10 Å². The van der Waals surface area contributed by atoms with E-state index in [0.29, 0.717) is 29.8 Å². The van der Waals surface area contributed by atoms with E-state index in [1.54, 1.807) is 36.3 Å². The number of ether oxygens (including phenoxy) is 1. The number of halogens is 3. The molecule has 0 radical (unpaired) electrons. The van der Waals surface area contributed by atoms with E-state index in [4.69, 9.17) is 4.74 Å². The van der Waals surface area contributed by atoms with E-state index in [2.05, 4.69) is 5.10 Å². The molecular formula is C20H24F3N3O2. The minimum absolute atomic E-state index is 0.113. The molecule has 1 aliphatic rings. The van der Waals surface area contributed by atoms with Gasteiger partial charge in [0.25, 0.3) is 11.8 Å². The molecule has 0 aliphatic carbocycles. The van der Waals surface area contributed by atoms with Crippen molar-refractivity contribution in [2.75, 3.05) is 13.2 Å². The zero-order chi connectivity index (χ0) is 20.3. The van der Waals surface area contributed by atoms with E-state index in [1.165, 1.54) is 10.7 Å². The molecule has 0 saturated carbocycles. The van der Waals surface area contributed by atoms with Gasteiger partial charge >= 0.3 is 0 Å².